The SMILES string of the molecule is CC(C)NC(=O)C1COCCN1Cc1nnsc1Cl. The van der Waals surface area contributed by atoms with Crippen molar-refractivity contribution in [3.8, 4) is 0 Å². The average Bonchev–Trinajstić information content (AvgIpc) is 2.75. The van der Waals surface area contributed by atoms with Crippen LogP contribution in [0.3, 0.4) is 0 Å². The highest BCUT2D eigenvalue weighted by atomic mass is 35.5. The Kier molecular flexibility index (Phi) is 5.09. The first kappa shape index (κ1) is 14.6. The van der Waals surface area contributed by atoms with Gasteiger partial charge in [-0.3, -0.25) is 9.69 Å². The molecular weight excluding hydrogens is 288 g/mol. The van der Waals surface area contributed by atoms with E-state index in [4.69, 9.17) is 16.3 Å². The lowest BCUT2D eigenvalue weighted by atomic mass is 10.2. The Balaban J connectivity index is 2.03. The number of halogens is 1. The summed E-state index contributed by atoms with van der Waals surface area (Å²) in [4.78, 5) is 14.2. The van der Waals surface area contributed by atoms with Gasteiger partial charge in [0.15, 0.2) is 0 Å². The third kappa shape index (κ3) is 3.85. The quantitative estimate of drug-likeness (QED) is 0.896. The fourth-order valence-electron chi connectivity index (χ4n) is 1.93. The van der Waals surface area contributed by atoms with E-state index in [1.54, 1.807) is 0 Å². The van der Waals surface area contributed by atoms with E-state index >= 15 is 0 Å². The first-order valence-electron chi connectivity index (χ1n) is 6.17. The summed E-state index contributed by atoms with van der Waals surface area (Å²) in [7, 11) is 0. The van der Waals surface area contributed by atoms with Gasteiger partial charge in [0.25, 0.3) is 0 Å². The first-order chi connectivity index (χ1) is 9.08. The summed E-state index contributed by atoms with van der Waals surface area (Å²) < 4.78 is 9.78. The molecule has 1 saturated heterocycles. The number of hydrogen-bond donors (Lipinski definition) is 1. The molecule has 19 heavy (non-hydrogen) atoms. The van der Waals surface area contributed by atoms with Gasteiger partial charge >= 0.3 is 0 Å². The average molecular weight is 305 g/mol. The van der Waals surface area contributed by atoms with E-state index in [0.717, 1.165) is 17.2 Å². The van der Waals surface area contributed by atoms with Gasteiger partial charge in [-0.05, 0) is 13.8 Å². The Morgan fingerprint density at radius 1 is 1.68 bits per heavy atom. The summed E-state index contributed by atoms with van der Waals surface area (Å²) >= 11 is 7.16. The van der Waals surface area contributed by atoms with Gasteiger partial charge in [0.2, 0.25) is 5.91 Å². The van der Waals surface area contributed by atoms with Crippen molar-refractivity contribution in [1.29, 1.82) is 0 Å². The summed E-state index contributed by atoms with van der Waals surface area (Å²) in [6.07, 6.45) is 0. The Labute approximate surface area is 121 Å². The predicted molar refractivity (Wildman–Crippen MR) is 73.2 cm³/mol. The smallest absolute Gasteiger partial charge is 0.239 e. The van der Waals surface area contributed by atoms with Gasteiger partial charge in [0.05, 0.1) is 13.2 Å². The van der Waals surface area contributed by atoms with Gasteiger partial charge in [-0.2, -0.15) is 0 Å². The molecule has 1 aliphatic heterocycles. The van der Waals surface area contributed by atoms with E-state index < -0.39 is 0 Å². The molecule has 1 fully saturated rings. The Morgan fingerprint density at radius 2 is 2.47 bits per heavy atom. The molecule has 1 aromatic heterocycles. The maximum Gasteiger partial charge on any atom is 0.239 e. The second kappa shape index (κ2) is 6.60. The normalized spacial score (nSPS) is 20.7. The van der Waals surface area contributed by atoms with Gasteiger partial charge in [-0.15, -0.1) is 5.10 Å². The molecular formula is C11H17ClN4O2S. The van der Waals surface area contributed by atoms with Crippen LogP contribution in [0.1, 0.15) is 19.5 Å². The van der Waals surface area contributed by atoms with Crippen LogP contribution in [0.15, 0.2) is 0 Å². The molecule has 0 spiro atoms. The van der Waals surface area contributed by atoms with Gasteiger partial charge < -0.3 is 10.1 Å². The van der Waals surface area contributed by atoms with Crippen LogP contribution in [-0.2, 0) is 16.1 Å². The highest BCUT2D eigenvalue weighted by molar-refractivity contribution is 7.10. The van der Waals surface area contributed by atoms with Crippen molar-refractivity contribution in [2.75, 3.05) is 19.8 Å². The van der Waals surface area contributed by atoms with Crippen molar-refractivity contribution in [1.82, 2.24) is 19.8 Å². The molecule has 0 bridgehead atoms. The predicted octanol–water partition coefficient (Wildman–Crippen LogP) is 0.917. The Bertz CT molecular complexity index is 440. The fourth-order valence-corrected chi connectivity index (χ4v) is 2.55. The van der Waals surface area contributed by atoms with Crippen LogP contribution < -0.4 is 5.32 Å². The zero-order valence-electron chi connectivity index (χ0n) is 10.9. The van der Waals surface area contributed by atoms with Gasteiger partial charge in [-0.1, -0.05) is 16.1 Å². The molecule has 1 aromatic rings. The van der Waals surface area contributed by atoms with E-state index in [2.05, 4.69) is 14.9 Å². The lowest BCUT2D eigenvalue weighted by Gasteiger charge is -2.34. The highest BCUT2D eigenvalue weighted by Gasteiger charge is 2.30. The van der Waals surface area contributed by atoms with E-state index in [9.17, 15) is 4.79 Å². The number of carbonyl (C=O) groups is 1. The minimum Gasteiger partial charge on any atom is -0.378 e. The molecule has 0 radical (unpaired) electrons. The van der Waals surface area contributed by atoms with E-state index in [1.807, 2.05) is 18.7 Å². The van der Waals surface area contributed by atoms with Crippen LogP contribution in [0, 0.1) is 0 Å². The van der Waals surface area contributed by atoms with Crippen LogP contribution in [0.4, 0.5) is 0 Å². The number of rotatable bonds is 4. The summed E-state index contributed by atoms with van der Waals surface area (Å²) in [5.74, 6) is -0.0194. The van der Waals surface area contributed by atoms with Crippen LogP contribution >= 0.6 is 23.1 Å². The number of ether oxygens (including phenoxy) is 1. The van der Waals surface area contributed by atoms with Gasteiger partial charge in [-0.25, -0.2) is 0 Å². The first-order valence-corrected chi connectivity index (χ1v) is 7.32. The molecule has 0 saturated carbocycles. The van der Waals surface area contributed by atoms with Crippen molar-refractivity contribution < 1.29 is 9.53 Å². The standard InChI is InChI=1S/C11H17ClN4O2S/c1-7(2)13-11(17)9-6-18-4-3-16(9)5-8-10(12)19-15-14-8/h7,9H,3-6H2,1-2H3,(H,13,17). The lowest BCUT2D eigenvalue weighted by molar-refractivity contribution is -0.133. The second-order valence-electron chi connectivity index (χ2n) is 4.72. The van der Waals surface area contributed by atoms with Crippen molar-refractivity contribution in [3.63, 3.8) is 0 Å². The minimum atomic E-state index is -0.297. The Morgan fingerprint density at radius 3 is 3.11 bits per heavy atom. The zero-order valence-corrected chi connectivity index (χ0v) is 12.5. The maximum atomic E-state index is 12.1. The Hall–Kier alpha value is -0.760. The minimum absolute atomic E-state index is 0.0194. The van der Waals surface area contributed by atoms with E-state index in [-0.39, 0.29) is 18.0 Å². The number of nitrogens with one attached hydrogen (secondary N) is 1. The molecule has 8 heteroatoms. The number of aromatic nitrogens is 2. The lowest BCUT2D eigenvalue weighted by Crippen LogP contribution is -2.54. The van der Waals surface area contributed by atoms with E-state index in [0.29, 0.717) is 30.6 Å². The monoisotopic (exact) mass is 304 g/mol. The number of hydrogen-bond acceptors (Lipinski definition) is 6. The third-order valence-corrected chi connectivity index (χ3v) is 3.82. The molecule has 6 nitrogen and oxygen atoms in total. The van der Waals surface area contributed by atoms with Crippen LogP contribution in [0.25, 0.3) is 0 Å². The number of amides is 1. The molecule has 106 valence electrons. The molecule has 0 aliphatic carbocycles. The fraction of sp³-hybridized carbons (Fsp3) is 0.727. The molecule has 1 amide bonds. The molecule has 2 rings (SSSR count). The largest absolute Gasteiger partial charge is 0.378 e. The number of nitrogens with zero attached hydrogens (tertiary/aromatic N) is 3. The molecule has 1 aliphatic rings. The third-order valence-electron chi connectivity index (χ3n) is 2.84. The van der Waals surface area contributed by atoms with Gasteiger partial charge in [0, 0.05) is 30.7 Å². The molecule has 2 heterocycles. The second-order valence-corrected chi connectivity index (χ2v) is 6.07. The summed E-state index contributed by atoms with van der Waals surface area (Å²) in [5.41, 5.74) is 0.718. The topological polar surface area (TPSA) is 67.3 Å². The summed E-state index contributed by atoms with van der Waals surface area (Å²) in [6, 6.07) is -0.185. The molecule has 1 atom stereocenters. The molecule has 1 N–H and O–H groups in total. The van der Waals surface area contributed by atoms with Crippen LogP contribution in [0.5, 0.6) is 0 Å². The molecule has 0 aromatic carbocycles. The van der Waals surface area contributed by atoms with Crippen molar-refractivity contribution in [2.24, 2.45) is 0 Å². The van der Waals surface area contributed by atoms with Crippen LogP contribution in [0.2, 0.25) is 4.34 Å². The highest BCUT2D eigenvalue weighted by Crippen LogP contribution is 2.20. The van der Waals surface area contributed by atoms with Crippen molar-refractivity contribution >= 4 is 29.0 Å². The number of carbonyl (C=O) groups excluding carboxylic acids is 1. The number of morpholine rings is 1. The zero-order chi connectivity index (χ0) is 13.8. The van der Waals surface area contributed by atoms with Crippen molar-refractivity contribution in [3.05, 3.63) is 10.0 Å². The summed E-state index contributed by atoms with van der Waals surface area (Å²) in [5, 5.41) is 6.90. The van der Waals surface area contributed by atoms with Crippen molar-refractivity contribution in [2.45, 2.75) is 32.5 Å². The molecule has 1 unspecified atom stereocenters. The van der Waals surface area contributed by atoms with Gasteiger partial charge in [0.1, 0.15) is 16.1 Å². The summed E-state index contributed by atoms with van der Waals surface area (Å²) in [6.45, 7) is 6.09. The maximum absolute atomic E-state index is 12.1. The van der Waals surface area contributed by atoms with E-state index in [1.165, 1.54) is 0 Å². The van der Waals surface area contributed by atoms with Crippen LogP contribution in [-0.4, -0.2) is 52.2 Å².